The molecule has 0 aliphatic carbocycles. The maximum atomic E-state index is 11.6. The molecule has 2 amide bonds. The molecular weight excluding hydrogens is 236 g/mol. The van der Waals surface area contributed by atoms with Gasteiger partial charge in [0.05, 0.1) is 11.3 Å². The molecule has 2 aromatic rings. The Morgan fingerprint density at radius 2 is 2.35 bits per heavy atom. The van der Waals surface area contributed by atoms with Crippen LogP contribution < -0.4 is 10.6 Å². The normalized spacial score (nSPS) is 12.1. The Hall–Kier alpha value is -1.75. The van der Waals surface area contributed by atoms with Gasteiger partial charge in [-0.15, -0.1) is 11.3 Å². The van der Waals surface area contributed by atoms with E-state index in [9.17, 15) is 4.79 Å². The first kappa shape index (κ1) is 11.7. The Labute approximate surface area is 104 Å². The minimum absolute atomic E-state index is 0.0288. The van der Waals surface area contributed by atoms with E-state index in [2.05, 4.69) is 10.6 Å². The van der Waals surface area contributed by atoms with Crippen LogP contribution in [0.3, 0.4) is 0 Å². The van der Waals surface area contributed by atoms with E-state index in [-0.39, 0.29) is 12.1 Å². The fourth-order valence-electron chi connectivity index (χ4n) is 1.50. The summed E-state index contributed by atoms with van der Waals surface area (Å²) in [5.74, 6) is 0.869. The highest BCUT2D eigenvalue weighted by Gasteiger charge is 2.09. The maximum absolute atomic E-state index is 11.6. The highest BCUT2D eigenvalue weighted by atomic mass is 32.1. The van der Waals surface area contributed by atoms with Crippen LogP contribution in [0.15, 0.2) is 40.3 Å². The van der Waals surface area contributed by atoms with Crippen molar-refractivity contribution < 1.29 is 9.21 Å². The van der Waals surface area contributed by atoms with E-state index in [1.165, 1.54) is 11.3 Å². The summed E-state index contributed by atoms with van der Waals surface area (Å²) in [5.41, 5.74) is 0. The third-order valence-corrected chi connectivity index (χ3v) is 3.01. The van der Waals surface area contributed by atoms with Crippen LogP contribution in [-0.4, -0.2) is 12.1 Å². The molecule has 0 spiro atoms. The van der Waals surface area contributed by atoms with Gasteiger partial charge in [0.2, 0.25) is 0 Å². The first-order valence-corrected chi connectivity index (χ1v) is 6.25. The maximum Gasteiger partial charge on any atom is 0.320 e. The van der Waals surface area contributed by atoms with Crippen molar-refractivity contribution in [2.24, 2.45) is 0 Å². The molecule has 17 heavy (non-hydrogen) atoms. The lowest BCUT2D eigenvalue weighted by Gasteiger charge is -2.12. The van der Waals surface area contributed by atoms with Crippen LogP contribution in [0, 0.1) is 0 Å². The number of carbonyl (C=O) groups excluding carboxylic acids is 1. The number of carbonyl (C=O) groups is 1. The summed E-state index contributed by atoms with van der Waals surface area (Å²) in [4.78, 5) is 11.6. The van der Waals surface area contributed by atoms with E-state index >= 15 is 0 Å². The smallest absolute Gasteiger partial charge is 0.320 e. The van der Waals surface area contributed by atoms with Crippen molar-refractivity contribution in [2.75, 3.05) is 5.32 Å². The van der Waals surface area contributed by atoms with Gasteiger partial charge in [0.25, 0.3) is 0 Å². The van der Waals surface area contributed by atoms with E-state index in [1.54, 1.807) is 6.26 Å². The lowest BCUT2D eigenvalue weighted by Crippen LogP contribution is -2.37. The van der Waals surface area contributed by atoms with E-state index in [1.807, 2.05) is 36.6 Å². The van der Waals surface area contributed by atoms with Crippen molar-refractivity contribution >= 4 is 22.4 Å². The van der Waals surface area contributed by atoms with Crippen LogP contribution in [-0.2, 0) is 6.42 Å². The molecule has 0 saturated carbocycles. The predicted octanol–water partition coefficient (Wildman–Crippen LogP) is 3.09. The number of nitrogens with one attached hydrogen (secondary N) is 2. The van der Waals surface area contributed by atoms with E-state index in [4.69, 9.17) is 4.42 Å². The molecule has 1 unspecified atom stereocenters. The molecule has 5 heteroatoms. The van der Waals surface area contributed by atoms with Crippen LogP contribution in [0.1, 0.15) is 12.7 Å². The van der Waals surface area contributed by atoms with Crippen LogP contribution >= 0.6 is 11.3 Å². The molecule has 2 heterocycles. The van der Waals surface area contributed by atoms with E-state index in [0.29, 0.717) is 6.42 Å². The van der Waals surface area contributed by atoms with Crippen LogP contribution in [0.5, 0.6) is 0 Å². The Balaban J connectivity index is 1.78. The van der Waals surface area contributed by atoms with Crippen molar-refractivity contribution in [3.63, 3.8) is 0 Å². The molecule has 0 aromatic carbocycles. The fourth-order valence-corrected chi connectivity index (χ4v) is 2.12. The van der Waals surface area contributed by atoms with Gasteiger partial charge < -0.3 is 9.73 Å². The average molecular weight is 250 g/mol. The van der Waals surface area contributed by atoms with Crippen molar-refractivity contribution in [1.82, 2.24) is 5.32 Å². The van der Waals surface area contributed by atoms with Gasteiger partial charge in [-0.05, 0) is 36.6 Å². The van der Waals surface area contributed by atoms with Gasteiger partial charge in [-0.2, -0.15) is 0 Å². The van der Waals surface area contributed by atoms with E-state index in [0.717, 1.165) is 10.8 Å². The van der Waals surface area contributed by atoms with Gasteiger partial charge in [0.1, 0.15) is 5.76 Å². The van der Waals surface area contributed by atoms with Gasteiger partial charge >= 0.3 is 6.03 Å². The van der Waals surface area contributed by atoms with Gasteiger partial charge in [0.15, 0.2) is 0 Å². The SMILES string of the molecule is CC(Cc1ccco1)NC(=O)Nc1cccs1. The average Bonchev–Trinajstić information content (AvgIpc) is 2.90. The number of hydrogen-bond donors (Lipinski definition) is 2. The number of rotatable bonds is 4. The highest BCUT2D eigenvalue weighted by molar-refractivity contribution is 7.14. The number of urea groups is 1. The lowest BCUT2D eigenvalue weighted by molar-refractivity contribution is 0.249. The number of thiophene rings is 1. The predicted molar refractivity (Wildman–Crippen MR) is 68.3 cm³/mol. The fraction of sp³-hybridized carbons (Fsp3) is 0.250. The zero-order chi connectivity index (χ0) is 12.1. The summed E-state index contributed by atoms with van der Waals surface area (Å²) in [6, 6.07) is 7.34. The molecule has 2 aromatic heterocycles. The summed E-state index contributed by atoms with van der Waals surface area (Å²) in [6.07, 6.45) is 2.32. The molecule has 90 valence electrons. The minimum Gasteiger partial charge on any atom is -0.469 e. The van der Waals surface area contributed by atoms with Crippen LogP contribution in [0.4, 0.5) is 9.80 Å². The van der Waals surface area contributed by atoms with Crippen molar-refractivity contribution in [2.45, 2.75) is 19.4 Å². The third-order valence-electron chi connectivity index (χ3n) is 2.22. The largest absolute Gasteiger partial charge is 0.469 e. The number of hydrogen-bond acceptors (Lipinski definition) is 3. The standard InChI is InChI=1S/C12H14N2O2S/c1-9(8-10-4-2-6-16-10)13-12(15)14-11-5-3-7-17-11/h2-7,9H,8H2,1H3,(H2,13,14,15). The number of amides is 2. The van der Waals surface area contributed by atoms with Gasteiger partial charge in [0, 0.05) is 12.5 Å². The molecule has 0 fully saturated rings. The summed E-state index contributed by atoms with van der Waals surface area (Å²) in [7, 11) is 0. The summed E-state index contributed by atoms with van der Waals surface area (Å²) in [5, 5.41) is 8.38. The van der Waals surface area contributed by atoms with Gasteiger partial charge in [-0.25, -0.2) is 4.79 Å². The Kier molecular flexibility index (Phi) is 3.82. The van der Waals surface area contributed by atoms with E-state index < -0.39 is 0 Å². The van der Waals surface area contributed by atoms with Gasteiger partial charge in [-0.1, -0.05) is 0 Å². The molecule has 2 rings (SSSR count). The monoisotopic (exact) mass is 250 g/mol. The molecule has 0 bridgehead atoms. The zero-order valence-corrected chi connectivity index (χ0v) is 10.3. The molecule has 0 saturated heterocycles. The van der Waals surface area contributed by atoms with Crippen molar-refractivity contribution in [1.29, 1.82) is 0 Å². The third kappa shape index (κ3) is 3.64. The molecule has 0 aliphatic rings. The Bertz CT molecular complexity index is 451. The quantitative estimate of drug-likeness (QED) is 0.876. The number of furan rings is 1. The van der Waals surface area contributed by atoms with Gasteiger partial charge in [-0.3, -0.25) is 5.32 Å². The topological polar surface area (TPSA) is 54.3 Å². The zero-order valence-electron chi connectivity index (χ0n) is 9.47. The Morgan fingerprint density at radius 1 is 1.47 bits per heavy atom. The first-order chi connectivity index (χ1) is 8.24. The lowest BCUT2D eigenvalue weighted by atomic mass is 10.2. The second-order valence-electron chi connectivity index (χ2n) is 3.76. The summed E-state index contributed by atoms with van der Waals surface area (Å²) in [6.45, 7) is 1.94. The van der Waals surface area contributed by atoms with Crippen LogP contribution in [0.25, 0.3) is 0 Å². The minimum atomic E-state index is -0.188. The molecule has 4 nitrogen and oxygen atoms in total. The number of anilines is 1. The first-order valence-electron chi connectivity index (χ1n) is 5.37. The Morgan fingerprint density at radius 3 is 3.00 bits per heavy atom. The second-order valence-corrected chi connectivity index (χ2v) is 4.71. The molecule has 1 atom stereocenters. The molecule has 2 N–H and O–H groups in total. The molecular formula is C12H14N2O2S. The molecule has 0 radical (unpaired) electrons. The highest BCUT2D eigenvalue weighted by Crippen LogP contribution is 2.14. The van der Waals surface area contributed by atoms with Crippen molar-refractivity contribution in [3.8, 4) is 0 Å². The van der Waals surface area contributed by atoms with Crippen molar-refractivity contribution in [3.05, 3.63) is 41.7 Å². The van der Waals surface area contributed by atoms with Crippen LogP contribution in [0.2, 0.25) is 0 Å². The summed E-state index contributed by atoms with van der Waals surface area (Å²) < 4.78 is 5.22. The second kappa shape index (κ2) is 5.54. The molecule has 0 aliphatic heterocycles. The summed E-state index contributed by atoms with van der Waals surface area (Å²) >= 11 is 1.49.